The van der Waals surface area contributed by atoms with E-state index in [1.54, 1.807) is 0 Å². The van der Waals surface area contributed by atoms with Gasteiger partial charge in [-0.15, -0.1) is 0 Å². The molecule has 23 heavy (non-hydrogen) atoms. The zero-order chi connectivity index (χ0) is 16.1. The van der Waals surface area contributed by atoms with Gasteiger partial charge in [-0.3, -0.25) is 0 Å². The summed E-state index contributed by atoms with van der Waals surface area (Å²) in [6.45, 7) is 5.08. The van der Waals surface area contributed by atoms with Gasteiger partial charge in [0.25, 0.3) is 10.2 Å². The Morgan fingerprint density at radius 1 is 1.13 bits per heavy atom. The molecule has 0 spiro atoms. The summed E-state index contributed by atoms with van der Waals surface area (Å²) in [6.07, 6.45) is 1.14. The molecular weight excluding hydrogens is 314 g/mol. The number of nitrogens with one attached hydrogen (secondary N) is 1. The lowest BCUT2D eigenvalue weighted by Crippen LogP contribution is -2.48. The minimum absolute atomic E-state index is 0.440. The Labute approximate surface area is 138 Å². The molecule has 2 heterocycles. The van der Waals surface area contributed by atoms with E-state index in [1.165, 1.54) is 9.87 Å². The SMILES string of the molecule is O=S(=O)(NCCN1CC[C@@H](c2ccccc2)C1)N1CCOCC1. The zero-order valence-electron chi connectivity index (χ0n) is 13.4. The van der Waals surface area contributed by atoms with Crippen molar-refractivity contribution in [2.45, 2.75) is 12.3 Å². The first-order valence-corrected chi connectivity index (χ1v) is 9.69. The highest BCUT2D eigenvalue weighted by Crippen LogP contribution is 2.26. The van der Waals surface area contributed by atoms with E-state index in [0.29, 0.717) is 38.8 Å². The van der Waals surface area contributed by atoms with Crippen LogP contribution in [-0.4, -0.2) is 70.1 Å². The van der Waals surface area contributed by atoms with Crippen LogP contribution in [0.2, 0.25) is 0 Å². The fourth-order valence-electron chi connectivity index (χ4n) is 3.24. The fraction of sp³-hybridized carbons (Fsp3) is 0.625. The molecule has 1 atom stereocenters. The number of morpholine rings is 1. The summed E-state index contributed by atoms with van der Waals surface area (Å²) in [6, 6.07) is 10.5. The average Bonchev–Trinajstić information content (AvgIpc) is 3.05. The van der Waals surface area contributed by atoms with Gasteiger partial charge >= 0.3 is 0 Å². The highest BCUT2D eigenvalue weighted by atomic mass is 32.2. The van der Waals surface area contributed by atoms with Crippen molar-refractivity contribution in [1.82, 2.24) is 13.9 Å². The Bertz CT molecular complexity index is 588. The quantitative estimate of drug-likeness (QED) is 0.826. The predicted molar refractivity (Wildman–Crippen MR) is 89.6 cm³/mol. The molecule has 2 aliphatic rings. The van der Waals surface area contributed by atoms with Crippen LogP contribution in [0.5, 0.6) is 0 Å². The molecule has 0 unspecified atom stereocenters. The number of nitrogens with zero attached hydrogens (tertiary/aromatic N) is 2. The molecule has 0 amide bonds. The molecular formula is C16H25N3O3S. The van der Waals surface area contributed by atoms with E-state index in [1.807, 2.05) is 6.07 Å². The van der Waals surface area contributed by atoms with Crippen molar-refractivity contribution in [1.29, 1.82) is 0 Å². The molecule has 0 aromatic heterocycles. The number of hydrogen-bond acceptors (Lipinski definition) is 4. The fourth-order valence-corrected chi connectivity index (χ4v) is 4.41. The van der Waals surface area contributed by atoms with Gasteiger partial charge in [-0.1, -0.05) is 30.3 Å². The maximum absolute atomic E-state index is 12.2. The van der Waals surface area contributed by atoms with Gasteiger partial charge in [-0.2, -0.15) is 12.7 Å². The molecule has 1 aromatic carbocycles. The molecule has 2 fully saturated rings. The maximum Gasteiger partial charge on any atom is 0.279 e. The molecule has 6 nitrogen and oxygen atoms in total. The van der Waals surface area contributed by atoms with Crippen molar-refractivity contribution in [3.8, 4) is 0 Å². The molecule has 0 aliphatic carbocycles. The van der Waals surface area contributed by atoms with Gasteiger partial charge in [-0.05, 0) is 24.4 Å². The number of hydrogen-bond donors (Lipinski definition) is 1. The van der Waals surface area contributed by atoms with Crippen LogP contribution in [0.3, 0.4) is 0 Å². The minimum atomic E-state index is -3.36. The van der Waals surface area contributed by atoms with E-state index >= 15 is 0 Å². The topological polar surface area (TPSA) is 61.9 Å². The zero-order valence-corrected chi connectivity index (χ0v) is 14.2. The van der Waals surface area contributed by atoms with E-state index in [4.69, 9.17) is 4.74 Å². The number of benzene rings is 1. The molecule has 2 aliphatic heterocycles. The Morgan fingerprint density at radius 3 is 2.61 bits per heavy atom. The number of ether oxygens (including phenoxy) is 1. The Morgan fingerprint density at radius 2 is 1.87 bits per heavy atom. The van der Waals surface area contributed by atoms with Gasteiger partial charge in [-0.25, -0.2) is 4.72 Å². The minimum Gasteiger partial charge on any atom is -0.379 e. The molecule has 0 bridgehead atoms. The summed E-state index contributed by atoms with van der Waals surface area (Å²) >= 11 is 0. The first-order valence-electron chi connectivity index (χ1n) is 8.25. The molecule has 2 saturated heterocycles. The Hall–Kier alpha value is -0.990. The second kappa shape index (κ2) is 7.72. The van der Waals surface area contributed by atoms with Gasteiger partial charge in [0.1, 0.15) is 0 Å². The summed E-state index contributed by atoms with van der Waals surface area (Å²) in [7, 11) is -3.36. The van der Waals surface area contributed by atoms with E-state index in [0.717, 1.165) is 26.1 Å². The lowest BCUT2D eigenvalue weighted by atomic mass is 9.99. The second-order valence-electron chi connectivity index (χ2n) is 6.11. The van der Waals surface area contributed by atoms with Crippen LogP contribution in [0.25, 0.3) is 0 Å². The van der Waals surface area contributed by atoms with Crippen LogP contribution in [0, 0.1) is 0 Å². The summed E-state index contributed by atoms with van der Waals surface area (Å²) < 4.78 is 33.7. The van der Waals surface area contributed by atoms with Gasteiger partial charge < -0.3 is 9.64 Å². The van der Waals surface area contributed by atoms with Gasteiger partial charge in [0.2, 0.25) is 0 Å². The third-order valence-electron chi connectivity index (χ3n) is 4.57. The Kier molecular flexibility index (Phi) is 5.66. The highest BCUT2D eigenvalue weighted by Gasteiger charge is 2.26. The molecule has 7 heteroatoms. The summed E-state index contributed by atoms with van der Waals surface area (Å²) in [5.41, 5.74) is 1.38. The molecule has 0 saturated carbocycles. The first kappa shape index (κ1) is 16.9. The normalized spacial score (nSPS) is 24.1. The van der Waals surface area contributed by atoms with Crippen molar-refractivity contribution in [3.05, 3.63) is 35.9 Å². The van der Waals surface area contributed by atoms with Crippen LogP contribution < -0.4 is 4.72 Å². The summed E-state index contributed by atoms with van der Waals surface area (Å²) in [5, 5.41) is 0. The van der Waals surface area contributed by atoms with Gasteiger partial charge in [0.05, 0.1) is 13.2 Å². The smallest absolute Gasteiger partial charge is 0.279 e. The van der Waals surface area contributed by atoms with Crippen LogP contribution in [-0.2, 0) is 14.9 Å². The van der Waals surface area contributed by atoms with E-state index in [2.05, 4.69) is 33.9 Å². The standard InChI is InChI=1S/C16H25N3O3S/c20-23(21,19-10-12-22-13-11-19)17-7-9-18-8-6-16(14-18)15-4-2-1-3-5-15/h1-5,16-17H,6-14H2/t16-/m1/s1. The lowest BCUT2D eigenvalue weighted by Gasteiger charge is -2.26. The number of rotatable bonds is 6. The van der Waals surface area contributed by atoms with E-state index < -0.39 is 10.2 Å². The molecule has 128 valence electrons. The summed E-state index contributed by atoms with van der Waals surface area (Å²) in [4.78, 5) is 2.33. The predicted octanol–water partition coefficient (Wildman–Crippen LogP) is 0.642. The van der Waals surface area contributed by atoms with Crippen LogP contribution in [0.4, 0.5) is 0 Å². The van der Waals surface area contributed by atoms with Crippen molar-refractivity contribution in [2.75, 3.05) is 52.5 Å². The average molecular weight is 339 g/mol. The second-order valence-corrected chi connectivity index (χ2v) is 7.86. The third-order valence-corrected chi connectivity index (χ3v) is 6.18. The maximum atomic E-state index is 12.2. The molecule has 0 radical (unpaired) electrons. The van der Waals surface area contributed by atoms with E-state index in [9.17, 15) is 8.42 Å². The number of likely N-dealkylation sites (tertiary alicyclic amines) is 1. The van der Waals surface area contributed by atoms with Crippen LogP contribution >= 0.6 is 0 Å². The monoisotopic (exact) mass is 339 g/mol. The van der Waals surface area contributed by atoms with E-state index in [-0.39, 0.29) is 0 Å². The molecule has 1 aromatic rings. The van der Waals surface area contributed by atoms with Crippen LogP contribution in [0.15, 0.2) is 30.3 Å². The third kappa shape index (κ3) is 4.51. The van der Waals surface area contributed by atoms with Gasteiger partial charge in [0, 0.05) is 32.7 Å². The molecule has 1 N–H and O–H groups in total. The van der Waals surface area contributed by atoms with Crippen molar-refractivity contribution in [3.63, 3.8) is 0 Å². The first-order chi connectivity index (χ1) is 11.1. The van der Waals surface area contributed by atoms with Crippen LogP contribution in [0.1, 0.15) is 17.9 Å². The highest BCUT2D eigenvalue weighted by molar-refractivity contribution is 7.87. The molecule has 3 rings (SSSR count). The largest absolute Gasteiger partial charge is 0.379 e. The van der Waals surface area contributed by atoms with Crippen molar-refractivity contribution < 1.29 is 13.2 Å². The van der Waals surface area contributed by atoms with Gasteiger partial charge in [0.15, 0.2) is 0 Å². The lowest BCUT2D eigenvalue weighted by molar-refractivity contribution is 0.0724. The van der Waals surface area contributed by atoms with Crippen molar-refractivity contribution >= 4 is 10.2 Å². The van der Waals surface area contributed by atoms with Crippen molar-refractivity contribution in [2.24, 2.45) is 0 Å². The summed E-state index contributed by atoms with van der Waals surface area (Å²) in [5.74, 6) is 0.562. The Balaban J connectivity index is 1.43.